The molecule has 6 heteroatoms. The topological polar surface area (TPSA) is 82.2 Å². The van der Waals surface area contributed by atoms with Crippen LogP contribution < -0.4 is 5.32 Å². The van der Waals surface area contributed by atoms with Gasteiger partial charge < -0.3 is 15.4 Å². The molecule has 0 bridgehead atoms. The lowest BCUT2D eigenvalue weighted by atomic mass is 9.98. The summed E-state index contributed by atoms with van der Waals surface area (Å²) in [6.45, 7) is 3.22. The Kier molecular flexibility index (Phi) is 4.23. The lowest BCUT2D eigenvalue weighted by molar-refractivity contribution is -0.146. The first-order chi connectivity index (χ1) is 9.85. The monoisotopic (exact) mass is 308 g/mol. The number of aromatic amines is 1. The van der Waals surface area contributed by atoms with E-state index in [4.69, 9.17) is 11.6 Å². The second-order valence-electron chi connectivity index (χ2n) is 5.22. The molecule has 3 N–H and O–H groups in total. The number of benzene rings is 1. The number of amides is 1. The fraction of sp³-hybridized carbons (Fsp3) is 0.333. The number of H-pyrrole nitrogens is 1. The first-order valence-electron chi connectivity index (χ1n) is 6.65. The maximum absolute atomic E-state index is 12.1. The highest BCUT2D eigenvalue weighted by Gasteiger charge is 2.32. The number of carbonyl (C=O) groups excluding carboxylic acids is 1. The number of rotatable bonds is 5. The van der Waals surface area contributed by atoms with E-state index in [1.54, 1.807) is 25.3 Å². The van der Waals surface area contributed by atoms with Gasteiger partial charge in [-0.15, -0.1) is 0 Å². The quantitative estimate of drug-likeness (QED) is 0.794. The molecule has 5 nitrogen and oxygen atoms in total. The smallest absolute Gasteiger partial charge is 0.329 e. The van der Waals surface area contributed by atoms with Crippen molar-refractivity contribution in [1.82, 2.24) is 10.3 Å². The molecule has 21 heavy (non-hydrogen) atoms. The normalized spacial score (nSPS) is 13.9. The van der Waals surface area contributed by atoms with E-state index >= 15 is 0 Å². The van der Waals surface area contributed by atoms with Gasteiger partial charge in [0.2, 0.25) is 5.91 Å². The standard InChI is InChI=1S/C15H17ClN2O3/c1-3-15(2,14(20)21)18-13(19)6-9-8-17-12-5-4-10(16)7-11(9)12/h4-5,7-8,17H,3,6H2,1-2H3,(H,18,19)(H,20,21). The summed E-state index contributed by atoms with van der Waals surface area (Å²) in [7, 11) is 0. The molecule has 1 aromatic carbocycles. The Balaban J connectivity index is 2.18. The van der Waals surface area contributed by atoms with Gasteiger partial charge in [-0.05, 0) is 37.1 Å². The molecule has 1 heterocycles. The van der Waals surface area contributed by atoms with Crippen LogP contribution in [0.5, 0.6) is 0 Å². The van der Waals surface area contributed by atoms with E-state index in [1.807, 2.05) is 6.07 Å². The lowest BCUT2D eigenvalue weighted by Crippen LogP contribution is -2.52. The average Bonchev–Trinajstić information content (AvgIpc) is 2.80. The van der Waals surface area contributed by atoms with Crippen LogP contribution in [-0.2, 0) is 16.0 Å². The van der Waals surface area contributed by atoms with Crippen molar-refractivity contribution in [2.45, 2.75) is 32.2 Å². The Morgan fingerprint density at radius 2 is 2.14 bits per heavy atom. The Labute approximate surface area is 127 Å². The summed E-state index contributed by atoms with van der Waals surface area (Å²) in [5.74, 6) is -1.37. The Hall–Kier alpha value is -2.01. The van der Waals surface area contributed by atoms with Crippen molar-refractivity contribution in [3.8, 4) is 0 Å². The summed E-state index contributed by atoms with van der Waals surface area (Å²) in [6.07, 6.45) is 2.15. The van der Waals surface area contributed by atoms with Gasteiger partial charge in [0.25, 0.3) is 0 Å². The van der Waals surface area contributed by atoms with Gasteiger partial charge in [0.05, 0.1) is 6.42 Å². The Morgan fingerprint density at radius 1 is 1.43 bits per heavy atom. The number of fused-ring (bicyclic) bond motifs is 1. The predicted octanol–water partition coefficient (Wildman–Crippen LogP) is 2.73. The van der Waals surface area contributed by atoms with Crippen LogP contribution in [0.15, 0.2) is 24.4 Å². The maximum Gasteiger partial charge on any atom is 0.329 e. The molecule has 0 aliphatic heterocycles. The van der Waals surface area contributed by atoms with Crippen molar-refractivity contribution in [2.75, 3.05) is 0 Å². The molecular formula is C15H17ClN2O3. The molecule has 0 saturated heterocycles. The van der Waals surface area contributed by atoms with E-state index < -0.39 is 11.5 Å². The zero-order valence-corrected chi connectivity index (χ0v) is 12.6. The highest BCUT2D eigenvalue weighted by atomic mass is 35.5. The highest BCUT2D eigenvalue weighted by molar-refractivity contribution is 6.31. The van der Waals surface area contributed by atoms with Crippen LogP contribution in [0.2, 0.25) is 5.02 Å². The van der Waals surface area contributed by atoms with E-state index in [2.05, 4.69) is 10.3 Å². The molecular weight excluding hydrogens is 292 g/mol. The van der Waals surface area contributed by atoms with E-state index in [1.165, 1.54) is 6.92 Å². The van der Waals surface area contributed by atoms with E-state index in [0.29, 0.717) is 11.4 Å². The molecule has 1 aromatic heterocycles. The zero-order valence-electron chi connectivity index (χ0n) is 11.9. The van der Waals surface area contributed by atoms with Gasteiger partial charge in [0.1, 0.15) is 5.54 Å². The van der Waals surface area contributed by atoms with Crippen molar-refractivity contribution in [2.24, 2.45) is 0 Å². The number of aliphatic carboxylic acids is 1. The lowest BCUT2D eigenvalue weighted by Gasteiger charge is -2.24. The second-order valence-corrected chi connectivity index (χ2v) is 5.66. The average molecular weight is 309 g/mol. The number of aromatic nitrogens is 1. The molecule has 1 atom stereocenters. The molecule has 0 saturated carbocycles. The van der Waals surface area contributed by atoms with E-state index in [-0.39, 0.29) is 12.3 Å². The van der Waals surface area contributed by atoms with Crippen LogP contribution in [0.3, 0.4) is 0 Å². The molecule has 2 rings (SSSR count). The van der Waals surface area contributed by atoms with Crippen molar-refractivity contribution >= 4 is 34.4 Å². The number of carbonyl (C=O) groups is 2. The number of hydrogen-bond acceptors (Lipinski definition) is 2. The van der Waals surface area contributed by atoms with Gasteiger partial charge in [-0.1, -0.05) is 18.5 Å². The van der Waals surface area contributed by atoms with Crippen molar-refractivity contribution < 1.29 is 14.7 Å². The third kappa shape index (κ3) is 3.19. The number of carboxylic acid groups (broad SMARTS) is 1. The first kappa shape index (κ1) is 15.4. The number of halogens is 1. The Morgan fingerprint density at radius 3 is 2.76 bits per heavy atom. The van der Waals surface area contributed by atoms with Crippen LogP contribution in [0.4, 0.5) is 0 Å². The second kappa shape index (κ2) is 5.77. The van der Waals surface area contributed by atoms with Gasteiger partial charge in [-0.2, -0.15) is 0 Å². The molecule has 1 unspecified atom stereocenters. The van der Waals surface area contributed by atoms with Crippen LogP contribution >= 0.6 is 11.6 Å². The molecule has 1 amide bonds. The molecule has 0 radical (unpaired) electrons. The van der Waals surface area contributed by atoms with Crippen molar-refractivity contribution in [3.05, 3.63) is 35.0 Å². The highest BCUT2D eigenvalue weighted by Crippen LogP contribution is 2.23. The molecule has 0 aliphatic carbocycles. The summed E-state index contributed by atoms with van der Waals surface area (Å²) in [4.78, 5) is 26.4. The van der Waals surface area contributed by atoms with Crippen LogP contribution in [0, 0.1) is 0 Å². The first-order valence-corrected chi connectivity index (χ1v) is 7.03. The van der Waals surface area contributed by atoms with Crippen LogP contribution in [0.25, 0.3) is 10.9 Å². The summed E-state index contributed by atoms with van der Waals surface area (Å²) in [5, 5.41) is 13.2. The molecule has 0 fully saturated rings. The Bertz CT molecular complexity index is 695. The predicted molar refractivity (Wildman–Crippen MR) is 81.5 cm³/mol. The maximum atomic E-state index is 12.1. The summed E-state index contributed by atoms with van der Waals surface area (Å²) in [6, 6.07) is 5.39. The summed E-state index contributed by atoms with van der Waals surface area (Å²) >= 11 is 5.96. The zero-order chi connectivity index (χ0) is 15.6. The van der Waals surface area contributed by atoms with Crippen LogP contribution in [0.1, 0.15) is 25.8 Å². The third-order valence-electron chi connectivity index (χ3n) is 3.67. The van der Waals surface area contributed by atoms with Gasteiger partial charge in [-0.3, -0.25) is 4.79 Å². The van der Waals surface area contributed by atoms with Gasteiger partial charge >= 0.3 is 5.97 Å². The SMILES string of the molecule is CCC(C)(NC(=O)Cc1c[nH]c2ccc(Cl)cc12)C(=O)O. The number of nitrogens with one attached hydrogen (secondary N) is 2. The summed E-state index contributed by atoms with van der Waals surface area (Å²) in [5.41, 5.74) is 0.424. The minimum atomic E-state index is -1.25. The summed E-state index contributed by atoms with van der Waals surface area (Å²) < 4.78 is 0. The van der Waals surface area contributed by atoms with Crippen molar-refractivity contribution in [1.29, 1.82) is 0 Å². The van der Waals surface area contributed by atoms with E-state index in [9.17, 15) is 14.7 Å². The van der Waals surface area contributed by atoms with Crippen LogP contribution in [-0.4, -0.2) is 27.5 Å². The van der Waals surface area contributed by atoms with Gasteiger partial charge in [0.15, 0.2) is 0 Å². The molecule has 0 aliphatic rings. The number of carboxylic acids is 1. The van der Waals surface area contributed by atoms with Gasteiger partial charge in [-0.25, -0.2) is 4.79 Å². The third-order valence-corrected chi connectivity index (χ3v) is 3.91. The fourth-order valence-electron chi connectivity index (χ4n) is 2.11. The molecule has 2 aromatic rings. The molecule has 0 spiro atoms. The van der Waals surface area contributed by atoms with Gasteiger partial charge in [0, 0.05) is 22.1 Å². The minimum Gasteiger partial charge on any atom is -0.480 e. The fourth-order valence-corrected chi connectivity index (χ4v) is 2.29. The van der Waals surface area contributed by atoms with E-state index in [0.717, 1.165) is 16.5 Å². The van der Waals surface area contributed by atoms with Crippen molar-refractivity contribution in [3.63, 3.8) is 0 Å². The molecule has 112 valence electrons. The largest absolute Gasteiger partial charge is 0.480 e. The minimum absolute atomic E-state index is 0.100. The number of hydrogen-bond donors (Lipinski definition) is 3.